The standard InChI is InChI=1S/C42H44N2O6/c1-28-9-20-39(41(46)43-28)44-27-32-26-35(16-19-38(32)42(44)47)50-24-6-22-48-21-5-23-49-34-14-10-30(11-15-34)40-36(29-7-3-2-4-8-29)17-12-31-25-33(45)13-18-37(31)40/h2-4,7-8,10-11,13-16,18-19,25-26,36,39-40,45H,1,5-6,9,12,17,20-24,27H2,(H,43,46)/t36-,39?,40+/m0/s1. The molecule has 7 rings (SSSR count). The molecule has 0 radical (unpaired) electrons. The van der Waals surface area contributed by atoms with Gasteiger partial charge in [-0.15, -0.1) is 0 Å². The van der Waals surface area contributed by atoms with Gasteiger partial charge in [0, 0.05) is 49.8 Å². The van der Waals surface area contributed by atoms with Crippen molar-refractivity contribution in [2.24, 2.45) is 0 Å². The fourth-order valence-electron chi connectivity index (χ4n) is 7.57. The van der Waals surface area contributed by atoms with Gasteiger partial charge in [0.25, 0.3) is 5.91 Å². The number of carbonyl (C=O) groups is 2. The zero-order valence-electron chi connectivity index (χ0n) is 28.3. The van der Waals surface area contributed by atoms with Crippen LogP contribution < -0.4 is 14.8 Å². The molecule has 8 heteroatoms. The average Bonchev–Trinajstić information content (AvgIpc) is 3.45. The van der Waals surface area contributed by atoms with Gasteiger partial charge in [0.2, 0.25) is 5.91 Å². The van der Waals surface area contributed by atoms with E-state index in [1.165, 1.54) is 22.3 Å². The number of hydrogen-bond donors (Lipinski definition) is 2. The number of aromatic hydroxyl groups is 1. The zero-order chi connectivity index (χ0) is 34.5. The number of piperidine rings is 1. The van der Waals surface area contributed by atoms with Gasteiger partial charge in [-0.1, -0.05) is 55.1 Å². The molecule has 2 N–H and O–H groups in total. The Kier molecular flexibility index (Phi) is 10.2. The Bertz CT molecular complexity index is 1840. The second-order valence-electron chi connectivity index (χ2n) is 13.4. The first-order valence-electron chi connectivity index (χ1n) is 17.7. The van der Waals surface area contributed by atoms with Crippen molar-refractivity contribution in [2.75, 3.05) is 26.4 Å². The van der Waals surface area contributed by atoms with Crippen LogP contribution in [0.25, 0.3) is 0 Å². The molecule has 8 nitrogen and oxygen atoms in total. The normalized spacial score (nSPS) is 19.9. The van der Waals surface area contributed by atoms with Crippen LogP contribution in [-0.4, -0.2) is 54.3 Å². The van der Waals surface area contributed by atoms with Crippen molar-refractivity contribution in [1.82, 2.24) is 10.2 Å². The lowest BCUT2D eigenvalue weighted by molar-refractivity contribution is -0.126. The van der Waals surface area contributed by atoms with E-state index in [1.807, 2.05) is 18.2 Å². The van der Waals surface area contributed by atoms with Crippen molar-refractivity contribution in [1.29, 1.82) is 0 Å². The summed E-state index contributed by atoms with van der Waals surface area (Å²) in [6.45, 7) is 6.48. The molecule has 3 atom stereocenters. The number of aryl methyl sites for hydroxylation is 1. The maximum Gasteiger partial charge on any atom is 0.255 e. The number of ether oxygens (including phenoxy) is 3. The van der Waals surface area contributed by atoms with Gasteiger partial charge in [0.15, 0.2) is 0 Å². The SMILES string of the molecule is C=C1CCC(N2Cc3cc(OCCCOCCCOc4ccc([C@H]5c6ccc(O)cc6CC[C@H]5c5ccccc5)cc4)ccc3C2=O)C(=O)N1. The van der Waals surface area contributed by atoms with Crippen LogP contribution in [0.5, 0.6) is 17.2 Å². The molecular weight excluding hydrogens is 628 g/mol. The second-order valence-corrected chi connectivity index (χ2v) is 13.4. The van der Waals surface area contributed by atoms with Gasteiger partial charge in [-0.2, -0.15) is 0 Å². The van der Waals surface area contributed by atoms with Crippen LogP contribution in [-0.2, 0) is 22.5 Å². The van der Waals surface area contributed by atoms with E-state index in [9.17, 15) is 14.7 Å². The highest BCUT2D eigenvalue weighted by Crippen LogP contribution is 2.47. The van der Waals surface area contributed by atoms with E-state index >= 15 is 0 Å². The van der Waals surface area contributed by atoms with Crippen LogP contribution in [0.1, 0.15) is 82.1 Å². The first kappa shape index (κ1) is 33.4. The highest BCUT2D eigenvalue weighted by Gasteiger charge is 2.38. The van der Waals surface area contributed by atoms with E-state index in [4.69, 9.17) is 14.2 Å². The van der Waals surface area contributed by atoms with Gasteiger partial charge in [-0.25, -0.2) is 0 Å². The molecule has 50 heavy (non-hydrogen) atoms. The predicted octanol–water partition coefficient (Wildman–Crippen LogP) is 7.26. The summed E-state index contributed by atoms with van der Waals surface area (Å²) in [6.07, 6.45) is 4.77. The number of nitrogens with zero attached hydrogens (tertiary/aromatic N) is 1. The number of nitrogens with one attached hydrogen (secondary N) is 1. The minimum absolute atomic E-state index is 0.112. The van der Waals surface area contributed by atoms with Crippen molar-refractivity contribution < 1.29 is 28.9 Å². The highest BCUT2D eigenvalue weighted by atomic mass is 16.5. The Labute approximate surface area is 293 Å². The molecule has 1 fully saturated rings. The predicted molar refractivity (Wildman–Crippen MR) is 192 cm³/mol. The number of carbonyl (C=O) groups excluding carboxylic acids is 2. The van der Waals surface area contributed by atoms with Gasteiger partial charge < -0.3 is 29.5 Å². The lowest BCUT2D eigenvalue weighted by Crippen LogP contribution is -2.49. The van der Waals surface area contributed by atoms with Gasteiger partial charge in [0.05, 0.1) is 13.2 Å². The maximum absolute atomic E-state index is 12.9. The third-order valence-corrected chi connectivity index (χ3v) is 10.1. The molecule has 1 saturated heterocycles. The molecule has 2 aliphatic heterocycles. The summed E-state index contributed by atoms with van der Waals surface area (Å²) in [6, 6.07) is 30.0. The summed E-state index contributed by atoms with van der Waals surface area (Å²) < 4.78 is 17.8. The minimum atomic E-state index is -0.469. The lowest BCUT2D eigenvalue weighted by Gasteiger charge is -2.34. The van der Waals surface area contributed by atoms with Gasteiger partial charge in [0.1, 0.15) is 23.3 Å². The molecule has 4 aromatic rings. The number of fused-ring (bicyclic) bond motifs is 2. The van der Waals surface area contributed by atoms with Crippen molar-refractivity contribution >= 4 is 11.8 Å². The first-order valence-corrected chi connectivity index (χ1v) is 17.7. The number of phenols is 1. The molecule has 0 aromatic heterocycles. The van der Waals surface area contributed by atoms with E-state index in [-0.39, 0.29) is 17.7 Å². The van der Waals surface area contributed by atoms with E-state index in [1.54, 1.807) is 17.0 Å². The number of benzene rings is 4. The number of allylic oxidation sites excluding steroid dienone is 1. The van der Waals surface area contributed by atoms with E-state index in [0.29, 0.717) is 74.5 Å². The smallest absolute Gasteiger partial charge is 0.255 e. The maximum atomic E-state index is 12.9. The van der Waals surface area contributed by atoms with Crippen molar-refractivity contribution in [2.45, 2.75) is 62.9 Å². The molecule has 0 spiro atoms. The Hall–Kier alpha value is -5.08. The molecule has 1 unspecified atom stereocenters. The Balaban J connectivity index is 0.826. The molecular formula is C42H44N2O6. The first-order chi connectivity index (χ1) is 24.4. The van der Waals surface area contributed by atoms with Crippen LogP contribution in [0.2, 0.25) is 0 Å². The summed E-state index contributed by atoms with van der Waals surface area (Å²) in [5, 5.41) is 12.9. The largest absolute Gasteiger partial charge is 0.508 e. The van der Waals surface area contributed by atoms with Crippen LogP contribution >= 0.6 is 0 Å². The number of hydrogen-bond acceptors (Lipinski definition) is 6. The molecule has 4 aromatic carbocycles. The fourth-order valence-corrected chi connectivity index (χ4v) is 7.57. The van der Waals surface area contributed by atoms with Gasteiger partial charge in [-0.05, 0) is 102 Å². The Morgan fingerprint density at radius 1 is 0.760 bits per heavy atom. The second kappa shape index (κ2) is 15.2. The Morgan fingerprint density at radius 3 is 2.26 bits per heavy atom. The van der Waals surface area contributed by atoms with Crippen molar-refractivity contribution in [3.63, 3.8) is 0 Å². The van der Waals surface area contributed by atoms with E-state index < -0.39 is 6.04 Å². The topological polar surface area (TPSA) is 97.3 Å². The van der Waals surface area contributed by atoms with E-state index in [2.05, 4.69) is 72.6 Å². The van der Waals surface area contributed by atoms with Gasteiger partial charge in [-0.3, -0.25) is 9.59 Å². The lowest BCUT2D eigenvalue weighted by atomic mass is 9.69. The number of phenolic OH excluding ortho intramolecular Hbond substituents is 1. The number of rotatable bonds is 13. The van der Waals surface area contributed by atoms with Crippen LogP contribution in [0.3, 0.4) is 0 Å². The average molecular weight is 673 g/mol. The number of amides is 2. The molecule has 2 heterocycles. The van der Waals surface area contributed by atoms with Gasteiger partial charge >= 0.3 is 0 Å². The third kappa shape index (κ3) is 7.41. The molecule has 2 amide bonds. The molecule has 0 saturated carbocycles. The Morgan fingerprint density at radius 2 is 1.50 bits per heavy atom. The summed E-state index contributed by atoms with van der Waals surface area (Å²) in [7, 11) is 0. The molecule has 1 aliphatic carbocycles. The molecule has 0 bridgehead atoms. The summed E-state index contributed by atoms with van der Waals surface area (Å²) >= 11 is 0. The monoisotopic (exact) mass is 672 g/mol. The quantitative estimate of drug-likeness (QED) is 0.145. The van der Waals surface area contributed by atoms with E-state index in [0.717, 1.165) is 37.0 Å². The van der Waals surface area contributed by atoms with Crippen LogP contribution in [0, 0.1) is 0 Å². The van der Waals surface area contributed by atoms with Crippen molar-refractivity contribution in [3.8, 4) is 17.2 Å². The zero-order valence-corrected chi connectivity index (χ0v) is 28.3. The summed E-state index contributed by atoms with van der Waals surface area (Å²) in [5.74, 6) is 2.17. The summed E-state index contributed by atoms with van der Waals surface area (Å²) in [4.78, 5) is 27.0. The fraction of sp³-hybridized carbons (Fsp3) is 0.333. The summed E-state index contributed by atoms with van der Waals surface area (Å²) in [5.41, 5.74) is 7.31. The minimum Gasteiger partial charge on any atom is -0.508 e. The molecule has 258 valence electrons. The molecule has 3 aliphatic rings. The highest BCUT2D eigenvalue weighted by molar-refractivity contribution is 6.01. The van der Waals surface area contributed by atoms with Crippen molar-refractivity contribution in [3.05, 3.63) is 137 Å². The third-order valence-electron chi connectivity index (χ3n) is 10.1. The van der Waals surface area contributed by atoms with Crippen LogP contribution in [0.4, 0.5) is 0 Å². The van der Waals surface area contributed by atoms with Crippen LogP contribution in [0.15, 0.2) is 103 Å².